The highest BCUT2D eigenvalue weighted by Gasteiger charge is 2.77. The summed E-state index contributed by atoms with van der Waals surface area (Å²) in [6.45, 7) is 15.1. The molecule has 6 aliphatic rings. The van der Waals surface area contributed by atoms with Crippen molar-refractivity contribution >= 4 is 0 Å². The van der Waals surface area contributed by atoms with Gasteiger partial charge in [-0.05, 0) is 110 Å². The van der Waals surface area contributed by atoms with Crippen molar-refractivity contribution in [1.82, 2.24) is 0 Å². The van der Waals surface area contributed by atoms with Gasteiger partial charge in [0.2, 0.25) is 0 Å². The third-order valence-corrected chi connectivity index (χ3v) is 13.2. The van der Waals surface area contributed by atoms with E-state index in [-0.39, 0.29) is 0 Å². The van der Waals surface area contributed by atoms with Gasteiger partial charge in [-0.15, -0.1) is 0 Å². The maximum atomic E-state index is 6.35. The first-order chi connectivity index (χ1) is 14.7. The molecule has 0 N–H and O–H groups in total. The molecule has 0 aromatic rings. The first-order valence-electron chi connectivity index (χ1n) is 13.9. The van der Waals surface area contributed by atoms with E-state index in [4.69, 9.17) is 9.47 Å². The summed E-state index contributed by atoms with van der Waals surface area (Å²) in [5.41, 5.74) is 1.65. The molecule has 6 rings (SSSR count). The fourth-order valence-corrected chi connectivity index (χ4v) is 11.1. The van der Waals surface area contributed by atoms with Crippen LogP contribution in [0.3, 0.4) is 0 Å². The summed E-state index contributed by atoms with van der Waals surface area (Å²) in [5, 5.41) is 0. The van der Waals surface area contributed by atoms with E-state index in [0.29, 0.717) is 40.5 Å². The van der Waals surface area contributed by atoms with Crippen LogP contribution in [0.15, 0.2) is 0 Å². The number of epoxide rings is 1. The Balaban J connectivity index is 1.24. The zero-order valence-electron chi connectivity index (χ0n) is 21.3. The molecular formula is C29H48O2. The van der Waals surface area contributed by atoms with Gasteiger partial charge in [0.25, 0.3) is 0 Å². The van der Waals surface area contributed by atoms with Crippen LogP contribution in [-0.2, 0) is 9.47 Å². The Hall–Kier alpha value is -0.0800. The van der Waals surface area contributed by atoms with Gasteiger partial charge in [0, 0.05) is 12.5 Å². The quantitative estimate of drug-likeness (QED) is 0.441. The summed E-state index contributed by atoms with van der Waals surface area (Å²) in [5.74, 6) is 6.77. The minimum atomic E-state index is 0.519. The monoisotopic (exact) mass is 428 g/mol. The molecule has 1 spiro atoms. The van der Waals surface area contributed by atoms with Gasteiger partial charge >= 0.3 is 0 Å². The molecule has 31 heavy (non-hydrogen) atoms. The highest BCUT2D eigenvalue weighted by molar-refractivity contribution is 5.26. The normalized spacial score (nSPS) is 58.8. The Morgan fingerprint density at radius 1 is 0.903 bits per heavy atom. The molecule has 0 aromatic carbocycles. The molecule has 6 fully saturated rings. The van der Waals surface area contributed by atoms with Crippen LogP contribution >= 0.6 is 0 Å². The SMILES string of the molecule is CO[C@@H]1C[C@H]2[C@@H]3CC[C@H]([C@H](C)[C@@H]4O[C@H]4[C@H](C)C(C)C)[C@@]3(C)CC[C@@H]2[C@@]2(C)CC[C@H]3C[C@]312. The van der Waals surface area contributed by atoms with Crippen molar-refractivity contribution in [2.45, 2.75) is 111 Å². The van der Waals surface area contributed by atoms with Gasteiger partial charge < -0.3 is 9.47 Å². The molecule has 1 aliphatic heterocycles. The molecule has 0 unspecified atom stereocenters. The fraction of sp³-hybridized carbons (Fsp3) is 1.00. The number of hydrogen-bond donors (Lipinski definition) is 0. The Morgan fingerprint density at radius 2 is 1.68 bits per heavy atom. The largest absolute Gasteiger partial charge is 0.381 e. The number of hydrogen-bond acceptors (Lipinski definition) is 2. The predicted octanol–water partition coefficient (Wildman–Crippen LogP) is 6.97. The topological polar surface area (TPSA) is 21.8 Å². The molecule has 0 aromatic heterocycles. The van der Waals surface area contributed by atoms with Crippen molar-refractivity contribution in [3.8, 4) is 0 Å². The van der Waals surface area contributed by atoms with E-state index in [1.165, 1.54) is 51.4 Å². The number of rotatable bonds is 5. The molecule has 2 nitrogen and oxygen atoms in total. The minimum absolute atomic E-state index is 0.519. The standard InChI is InChI=1S/C29H48O2/c1-16(2)17(3)25-26(31-25)18(4)21-8-9-22-20-14-24(30-7)29-15-19(29)10-13-28(29,6)23(20)11-12-27(21,22)5/h16-26H,8-15H2,1-7H3/t17-,18+,19+,20+,21-,22+,23+,24-,25+,26+,27-,28-,29+/m1/s1. The van der Waals surface area contributed by atoms with E-state index in [1.807, 2.05) is 7.11 Å². The van der Waals surface area contributed by atoms with Crippen LogP contribution in [-0.4, -0.2) is 25.4 Å². The van der Waals surface area contributed by atoms with Crippen LogP contribution in [0, 0.1) is 63.6 Å². The summed E-state index contributed by atoms with van der Waals surface area (Å²) < 4.78 is 12.7. The Morgan fingerprint density at radius 3 is 2.35 bits per heavy atom. The molecule has 5 saturated carbocycles. The molecule has 2 heteroatoms. The average molecular weight is 429 g/mol. The van der Waals surface area contributed by atoms with Gasteiger partial charge in [-0.1, -0.05) is 41.5 Å². The summed E-state index contributed by atoms with van der Waals surface area (Å²) in [6.07, 6.45) is 13.2. The van der Waals surface area contributed by atoms with E-state index < -0.39 is 0 Å². The van der Waals surface area contributed by atoms with Crippen LogP contribution in [0.1, 0.15) is 92.9 Å². The van der Waals surface area contributed by atoms with E-state index in [9.17, 15) is 0 Å². The van der Waals surface area contributed by atoms with Gasteiger partial charge in [-0.3, -0.25) is 0 Å². The van der Waals surface area contributed by atoms with Gasteiger partial charge in [0.05, 0.1) is 18.3 Å². The van der Waals surface area contributed by atoms with E-state index in [0.717, 1.165) is 41.4 Å². The van der Waals surface area contributed by atoms with Gasteiger partial charge in [0.1, 0.15) is 0 Å². The van der Waals surface area contributed by atoms with Gasteiger partial charge in [-0.2, -0.15) is 0 Å². The van der Waals surface area contributed by atoms with Crippen LogP contribution in [0.25, 0.3) is 0 Å². The van der Waals surface area contributed by atoms with Crippen LogP contribution in [0.4, 0.5) is 0 Å². The van der Waals surface area contributed by atoms with Crippen LogP contribution < -0.4 is 0 Å². The molecule has 13 atom stereocenters. The van der Waals surface area contributed by atoms with Crippen molar-refractivity contribution in [1.29, 1.82) is 0 Å². The first kappa shape index (κ1) is 21.5. The first-order valence-corrected chi connectivity index (χ1v) is 13.9. The predicted molar refractivity (Wildman–Crippen MR) is 126 cm³/mol. The lowest BCUT2D eigenvalue weighted by Crippen LogP contribution is -2.57. The van der Waals surface area contributed by atoms with E-state index in [2.05, 4.69) is 41.5 Å². The lowest BCUT2D eigenvalue weighted by Gasteiger charge is -2.61. The highest BCUT2D eigenvalue weighted by Crippen LogP contribution is 2.82. The highest BCUT2D eigenvalue weighted by atomic mass is 16.6. The molecule has 0 amide bonds. The Bertz CT molecular complexity index is 732. The number of fused-ring (bicyclic) bond motifs is 4. The molecule has 0 bridgehead atoms. The van der Waals surface area contributed by atoms with Crippen molar-refractivity contribution in [2.24, 2.45) is 63.6 Å². The molecular weight excluding hydrogens is 380 g/mol. The van der Waals surface area contributed by atoms with Crippen molar-refractivity contribution < 1.29 is 9.47 Å². The maximum Gasteiger partial charge on any atom is 0.0873 e. The van der Waals surface area contributed by atoms with Gasteiger partial charge in [0.15, 0.2) is 0 Å². The van der Waals surface area contributed by atoms with Crippen molar-refractivity contribution in [3.05, 3.63) is 0 Å². The average Bonchev–Trinajstić information content (AvgIpc) is 3.62. The Kier molecular flexibility index (Phi) is 4.67. The van der Waals surface area contributed by atoms with E-state index >= 15 is 0 Å². The maximum absolute atomic E-state index is 6.35. The molecule has 1 heterocycles. The Labute approximate surface area is 191 Å². The summed E-state index contributed by atoms with van der Waals surface area (Å²) in [4.78, 5) is 0. The third kappa shape index (κ3) is 2.59. The summed E-state index contributed by atoms with van der Waals surface area (Å²) >= 11 is 0. The van der Waals surface area contributed by atoms with Crippen molar-refractivity contribution in [3.63, 3.8) is 0 Å². The lowest BCUT2D eigenvalue weighted by molar-refractivity contribution is -0.161. The second-order valence-electron chi connectivity index (χ2n) is 14.0. The molecule has 5 aliphatic carbocycles. The molecule has 1 saturated heterocycles. The zero-order valence-corrected chi connectivity index (χ0v) is 21.3. The minimum Gasteiger partial charge on any atom is -0.381 e. The lowest BCUT2D eigenvalue weighted by atomic mass is 9.45. The van der Waals surface area contributed by atoms with Crippen LogP contribution in [0.2, 0.25) is 0 Å². The zero-order chi connectivity index (χ0) is 21.9. The van der Waals surface area contributed by atoms with Gasteiger partial charge in [-0.25, -0.2) is 0 Å². The van der Waals surface area contributed by atoms with Crippen molar-refractivity contribution in [2.75, 3.05) is 7.11 Å². The summed E-state index contributed by atoms with van der Waals surface area (Å²) in [7, 11) is 2.02. The summed E-state index contributed by atoms with van der Waals surface area (Å²) in [6, 6.07) is 0. The second-order valence-corrected chi connectivity index (χ2v) is 14.0. The number of ether oxygens (including phenoxy) is 2. The molecule has 176 valence electrons. The third-order valence-electron chi connectivity index (χ3n) is 13.2. The second kappa shape index (κ2) is 6.74. The fourth-order valence-electron chi connectivity index (χ4n) is 11.1. The van der Waals surface area contributed by atoms with E-state index in [1.54, 1.807) is 0 Å². The smallest absolute Gasteiger partial charge is 0.0873 e. The number of methoxy groups -OCH3 is 1. The molecule has 0 radical (unpaired) electrons. The van der Waals surface area contributed by atoms with Crippen LogP contribution in [0.5, 0.6) is 0 Å².